The highest BCUT2D eigenvalue weighted by Gasteiger charge is 2.37. The minimum absolute atomic E-state index is 0.0923. The lowest BCUT2D eigenvalue weighted by atomic mass is 9.90. The van der Waals surface area contributed by atoms with Gasteiger partial charge in [0.2, 0.25) is 0 Å². The van der Waals surface area contributed by atoms with Crippen molar-refractivity contribution in [2.75, 3.05) is 25.6 Å². The summed E-state index contributed by atoms with van der Waals surface area (Å²) in [7, 11) is 3.74. The van der Waals surface area contributed by atoms with Crippen LogP contribution in [0.2, 0.25) is 0 Å². The molecule has 0 bridgehead atoms. The zero-order valence-corrected chi connectivity index (χ0v) is 22.3. The molecular weight excluding hydrogens is 458 g/mol. The third kappa shape index (κ3) is 5.78. The summed E-state index contributed by atoms with van der Waals surface area (Å²) in [6.07, 6.45) is 3.47. The van der Waals surface area contributed by atoms with E-state index in [0.29, 0.717) is 13.1 Å². The number of likely N-dealkylation sites (tertiary alicyclic amines) is 1. The zero-order chi connectivity index (χ0) is 25.2. The Morgan fingerprint density at radius 1 is 1.17 bits per heavy atom. The molecule has 0 radical (unpaired) electrons. The highest BCUT2D eigenvalue weighted by atomic mass is 32.1. The van der Waals surface area contributed by atoms with Crippen molar-refractivity contribution >= 4 is 29.0 Å². The van der Waals surface area contributed by atoms with Crippen LogP contribution in [0.3, 0.4) is 0 Å². The van der Waals surface area contributed by atoms with Crippen molar-refractivity contribution in [1.29, 1.82) is 0 Å². The fraction of sp³-hybridized carbons (Fsp3) is 0.500. The molecule has 2 aliphatic rings. The van der Waals surface area contributed by atoms with Gasteiger partial charge in [-0.25, -0.2) is 4.79 Å². The molecule has 0 saturated carbocycles. The van der Waals surface area contributed by atoms with Gasteiger partial charge in [-0.2, -0.15) is 0 Å². The SMILES string of the molecule is COc1cc2c(cc1CN[C@H]1CCCN(C(=O)OC(C)(C)C)[C@H]1c1ccccc1)CCC(=S)N2C. The summed E-state index contributed by atoms with van der Waals surface area (Å²) in [5.41, 5.74) is 4.11. The van der Waals surface area contributed by atoms with Crippen LogP contribution >= 0.6 is 12.2 Å². The Labute approximate surface area is 214 Å². The molecule has 2 atom stereocenters. The first-order valence-corrected chi connectivity index (χ1v) is 12.8. The van der Waals surface area contributed by atoms with E-state index in [-0.39, 0.29) is 18.2 Å². The number of thiocarbonyl (C=S) groups is 1. The molecule has 6 nitrogen and oxygen atoms in total. The van der Waals surface area contributed by atoms with E-state index in [1.54, 1.807) is 7.11 Å². The van der Waals surface area contributed by atoms with Crippen molar-refractivity contribution in [2.24, 2.45) is 0 Å². The van der Waals surface area contributed by atoms with E-state index >= 15 is 0 Å². The maximum atomic E-state index is 13.2. The molecule has 4 rings (SSSR count). The molecule has 7 heteroatoms. The van der Waals surface area contributed by atoms with Crippen LogP contribution in [0.4, 0.5) is 10.5 Å². The first kappa shape index (κ1) is 25.5. The molecule has 188 valence electrons. The molecule has 0 aromatic heterocycles. The van der Waals surface area contributed by atoms with Crippen molar-refractivity contribution in [2.45, 2.75) is 70.7 Å². The van der Waals surface area contributed by atoms with Crippen LogP contribution in [-0.4, -0.2) is 48.3 Å². The Kier molecular flexibility index (Phi) is 7.67. The number of rotatable bonds is 5. The average Bonchev–Trinajstić information content (AvgIpc) is 2.84. The third-order valence-electron chi connectivity index (χ3n) is 6.78. The number of methoxy groups -OCH3 is 1. The largest absolute Gasteiger partial charge is 0.496 e. The van der Waals surface area contributed by atoms with E-state index in [1.807, 2.05) is 50.9 Å². The molecule has 35 heavy (non-hydrogen) atoms. The number of nitrogens with zero attached hydrogens (tertiary/aromatic N) is 2. The molecule has 2 heterocycles. The molecule has 1 saturated heterocycles. The van der Waals surface area contributed by atoms with Gasteiger partial charge in [-0.1, -0.05) is 42.5 Å². The second-order valence-corrected chi connectivity index (χ2v) is 10.9. The molecule has 2 aromatic carbocycles. The Balaban J connectivity index is 1.59. The number of hydrogen-bond donors (Lipinski definition) is 1. The maximum Gasteiger partial charge on any atom is 0.410 e. The van der Waals surface area contributed by atoms with Crippen molar-refractivity contribution in [3.8, 4) is 5.75 Å². The molecule has 1 amide bonds. The van der Waals surface area contributed by atoms with Crippen molar-refractivity contribution in [3.63, 3.8) is 0 Å². The summed E-state index contributed by atoms with van der Waals surface area (Å²) >= 11 is 5.51. The van der Waals surface area contributed by atoms with Gasteiger partial charge in [-0.15, -0.1) is 0 Å². The highest BCUT2D eigenvalue weighted by molar-refractivity contribution is 7.80. The van der Waals surface area contributed by atoms with Gasteiger partial charge in [0.15, 0.2) is 0 Å². The molecule has 0 aliphatic carbocycles. The van der Waals surface area contributed by atoms with Gasteiger partial charge in [0.25, 0.3) is 0 Å². The number of piperidine rings is 1. The van der Waals surface area contributed by atoms with Crippen LogP contribution in [-0.2, 0) is 17.7 Å². The Morgan fingerprint density at radius 2 is 1.91 bits per heavy atom. The number of amides is 1. The number of carbonyl (C=O) groups excluding carboxylic acids is 1. The van der Waals surface area contributed by atoms with Crippen molar-refractivity contribution in [1.82, 2.24) is 10.2 Å². The summed E-state index contributed by atoms with van der Waals surface area (Å²) in [5, 5.41) is 3.77. The minimum Gasteiger partial charge on any atom is -0.496 e. The van der Waals surface area contributed by atoms with E-state index in [2.05, 4.69) is 34.5 Å². The molecular formula is C28H37N3O3S. The number of carbonyl (C=O) groups is 1. The van der Waals surface area contributed by atoms with Gasteiger partial charge in [-0.3, -0.25) is 4.90 Å². The highest BCUT2D eigenvalue weighted by Crippen LogP contribution is 2.36. The van der Waals surface area contributed by atoms with Gasteiger partial charge in [0, 0.05) is 49.9 Å². The topological polar surface area (TPSA) is 54.0 Å². The number of aryl methyl sites for hydroxylation is 1. The second kappa shape index (κ2) is 10.5. The second-order valence-electron chi connectivity index (χ2n) is 10.4. The van der Waals surface area contributed by atoms with Crippen molar-refractivity contribution < 1.29 is 14.3 Å². The van der Waals surface area contributed by atoms with Gasteiger partial charge < -0.3 is 19.7 Å². The number of anilines is 1. The third-order valence-corrected chi connectivity index (χ3v) is 7.26. The van der Waals surface area contributed by atoms with Crippen LogP contribution in [0.25, 0.3) is 0 Å². The summed E-state index contributed by atoms with van der Waals surface area (Å²) in [6.45, 7) is 7.07. The average molecular weight is 496 g/mol. The molecule has 2 aliphatic heterocycles. The standard InChI is InChI=1S/C28H37N3O3S/c1-28(2,3)34-27(32)31-15-9-12-22(26(31)19-10-7-6-8-11-19)29-18-21-16-20-13-14-25(35)30(4)23(20)17-24(21)33-5/h6-8,10-11,16-17,22,26,29H,9,12-15,18H2,1-5H3/t22-,26-/m0/s1. The van der Waals surface area contributed by atoms with E-state index in [9.17, 15) is 4.79 Å². The van der Waals surface area contributed by atoms with Crippen LogP contribution in [0, 0.1) is 0 Å². The summed E-state index contributed by atoms with van der Waals surface area (Å²) in [6, 6.07) is 14.6. The number of benzene rings is 2. The number of fused-ring (bicyclic) bond motifs is 1. The Hall–Kier alpha value is -2.64. The zero-order valence-electron chi connectivity index (χ0n) is 21.5. The fourth-order valence-electron chi connectivity index (χ4n) is 5.09. The van der Waals surface area contributed by atoms with E-state index in [4.69, 9.17) is 21.7 Å². The molecule has 1 fully saturated rings. The van der Waals surface area contributed by atoms with E-state index in [0.717, 1.165) is 53.2 Å². The summed E-state index contributed by atoms with van der Waals surface area (Å²) in [5.74, 6) is 0.851. The van der Waals surface area contributed by atoms with Crippen LogP contribution in [0.15, 0.2) is 42.5 Å². The number of ether oxygens (including phenoxy) is 2. The number of nitrogens with one attached hydrogen (secondary N) is 1. The van der Waals surface area contributed by atoms with Crippen LogP contribution in [0.5, 0.6) is 5.75 Å². The summed E-state index contributed by atoms with van der Waals surface area (Å²) < 4.78 is 11.5. The first-order chi connectivity index (χ1) is 16.7. The number of hydrogen-bond acceptors (Lipinski definition) is 5. The molecule has 1 N–H and O–H groups in total. The smallest absolute Gasteiger partial charge is 0.410 e. The minimum atomic E-state index is -0.537. The quantitative estimate of drug-likeness (QED) is 0.542. The monoisotopic (exact) mass is 495 g/mol. The van der Waals surface area contributed by atoms with Gasteiger partial charge in [-0.05, 0) is 57.2 Å². The van der Waals surface area contributed by atoms with Crippen molar-refractivity contribution in [3.05, 3.63) is 59.2 Å². The Morgan fingerprint density at radius 3 is 2.60 bits per heavy atom. The normalized spacial score (nSPS) is 20.4. The van der Waals surface area contributed by atoms with Gasteiger partial charge in [0.05, 0.1) is 18.1 Å². The lowest BCUT2D eigenvalue weighted by Crippen LogP contribution is -2.51. The molecule has 2 aromatic rings. The molecule has 0 unspecified atom stereocenters. The maximum absolute atomic E-state index is 13.2. The van der Waals surface area contributed by atoms with E-state index < -0.39 is 5.60 Å². The van der Waals surface area contributed by atoms with Crippen LogP contribution < -0.4 is 15.0 Å². The van der Waals surface area contributed by atoms with Crippen LogP contribution in [0.1, 0.15) is 62.8 Å². The molecule has 0 spiro atoms. The first-order valence-electron chi connectivity index (χ1n) is 12.4. The lowest BCUT2D eigenvalue weighted by Gasteiger charge is -2.42. The predicted molar refractivity (Wildman–Crippen MR) is 144 cm³/mol. The predicted octanol–water partition coefficient (Wildman–Crippen LogP) is 5.64. The van der Waals surface area contributed by atoms with Gasteiger partial charge >= 0.3 is 6.09 Å². The fourth-order valence-corrected chi connectivity index (χ4v) is 5.29. The summed E-state index contributed by atoms with van der Waals surface area (Å²) in [4.78, 5) is 18.1. The van der Waals surface area contributed by atoms with Gasteiger partial charge in [0.1, 0.15) is 11.4 Å². The Bertz CT molecular complexity index is 1070. The lowest BCUT2D eigenvalue weighted by molar-refractivity contribution is 0.00380. The van der Waals surface area contributed by atoms with E-state index in [1.165, 1.54) is 5.56 Å².